The van der Waals surface area contributed by atoms with Crippen LogP contribution in [0.2, 0.25) is 0 Å². The van der Waals surface area contributed by atoms with Crippen LogP contribution in [0.1, 0.15) is 24.9 Å². The van der Waals surface area contributed by atoms with Gasteiger partial charge in [0.1, 0.15) is 0 Å². The number of imidazole rings is 1. The van der Waals surface area contributed by atoms with E-state index in [1.165, 1.54) is 6.07 Å². The highest BCUT2D eigenvalue weighted by Gasteiger charge is 2.32. The Labute approximate surface area is 119 Å². The van der Waals surface area contributed by atoms with Crippen molar-refractivity contribution in [2.24, 2.45) is 5.92 Å². The Balaban J connectivity index is 2.05. The summed E-state index contributed by atoms with van der Waals surface area (Å²) in [6.45, 7) is 3.34. The van der Waals surface area contributed by atoms with Gasteiger partial charge >= 0.3 is 6.18 Å². The van der Waals surface area contributed by atoms with E-state index in [4.69, 9.17) is 10.5 Å². The molecule has 1 aliphatic heterocycles. The standard InChI is InChI=1S/C14H16F3N3O/c1-8(9-4-5-21-7-9)20-12-3-2-10(14(15,16)17)6-11(12)19-13(20)18/h2-3,6,8-9H,4-5,7H2,1H3,(H2,18,19). The number of alkyl halides is 3. The van der Waals surface area contributed by atoms with Gasteiger partial charge in [-0.1, -0.05) is 0 Å². The van der Waals surface area contributed by atoms with E-state index in [9.17, 15) is 13.2 Å². The first kappa shape index (κ1) is 14.2. The van der Waals surface area contributed by atoms with Gasteiger partial charge in [-0.2, -0.15) is 13.2 Å². The maximum Gasteiger partial charge on any atom is 0.416 e. The Morgan fingerprint density at radius 1 is 1.43 bits per heavy atom. The van der Waals surface area contributed by atoms with Crippen molar-refractivity contribution in [2.75, 3.05) is 18.9 Å². The lowest BCUT2D eigenvalue weighted by molar-refractivity contribution is -0.137. The summed E-state index contributed by atoms with van der Waals surface area (Å²) in [5.41, 5.74) is 6.10. The third-order valence-corrected chi connectivity index (χ3v) is 4.10. The van der Waals surface area contributed by atoms with E-state index in [0.29, 0.717) is 24.6 Å². The highest BCUT2D eigenvalue weighted by molar-refractivity contribution is 5.79. The van der Waals surface area contributed by atoms with Gasteiger partial charge in [-0.3, -0.25) is 0 Å². The molecule has 2 heterocycles. The van der Waals surface area contributed by atoms with Gasteiger partial charge < -0.3 is 15.0 Å². The lowest BCUT2D eigenvalue weighted by Gasteiger charge is -2.21. The molecule has 1 aliphatic rings. The van der Waals surface area contributed by atoms with Crippen LogP contribution in [0.5, 0.6) is 0 Å². The molecular weight excluding hydrogens is 283 g/mol. The van der Waals surface area contributed by atoms with Crippen molar-refractivity contribution >= 4 is 17.0 Å². The Morgan fingerprint density at radius 2 is 2.19 bits per heavy atom. The van der Waals surface area contributed by atoms with Crippen molar-refractivity contribution in [1.29, 1.82) is 0 Å². The number of ether oxygens (including phenoxy) is 1. The smallest absolute Gasteiger partial charge is 0.381 e. The summed E-state index contributed by atoms with van der Waals surface area (Å²) in [6, 6.07) is 3.58. The van der Waals surface area contributed by atoms with Crippen LogP contribution in [-0.4, -0.2) is 22.8 Å². The van der Waals surface area contributed by atoms with Gasteiger partial charge in [0.25, 0.3) is 0 Å². The number of hydrogen-bond donors (Lipinski definition) is 1. The summed E-state index contributed by atoms with van der Waals surface area (Å²) < 4.78 is 45.4. The molecule has 1 saturated heterocycles. The molecule has 0 spiro atoms. The number of nitrogens with two attached hydrogens (primary N) is 1. The molecule has 0 saturated carbocycles. The van der Waals surface area contributed by atoms with Crippen LogP contribution in [0.25, 0.3) is 11.0 Å². The van der Waals surface area contributed by atoms with Crippen molar-refractivity contribution in [3.05, 3.63) is 23.8 Å². The van der Waals surface area contributed by atoms with Gasteiger partial charge in [0.05, 0.1) is 23.2 Å². The first-order valence-corrected chi connectivity index (χ1v) is 6.80. The Kier molecular flexibility index (Phi) is 3.32. The number of nitrogen functional groups attached to an aromatic ring is 1. The number of anilines is 1. The van der Waals surface area contributed by atoms with E-state index in [2.05, 4.69) is 4.98 Å². The molecule has 0 bridgehead atoms. The maximum atomic E-state index is 12.7. The molecule has 2 unspecified atom stereocenters. The van der Waals surface area contributed by atoms with Gasteiger partial charge in [-0.25, -0.2) is 4.98 Å². The van der Waals surface area contributed by atoms with Gasteiger partial charge in [-0.05, 0) is 31.5 Å². The van der Waals surface area contributed by atoms with Gasteiger partial charge in [-0.15, -0.1) is 0 Å². The largest absolute Gasteiger partial charge is 0.416 e. The second kappa shape index (κ2) is 4.91. The van der Waals surface area contributed by atoms with Crippen molar-refractivity contribution < 1.29 is 17.9 Å². The summed E-state index contributed by atoms with van der Waals surface area (Å²) in [6.07, 6.45) is -3.46. The Bertz CT molecular complexity index is 659. The zero-order valence-corrected chi connectivity index (χ0v) is 11.5. The zero-order chi connectivity index (χ0) is 15.2. The molecule has 1 aromatic heterocycles. The summed E-state index contributed by atoms with van der Waals surface area (Å²) in [5, 5.41) is 0. The molecule has 1 aromatic carbocycles. The Hall–Kier alpha value is -1.76. The average molecular weight is 299 g/mol. The number of benzene rings is 1. The monoisotopic (exact) mass is 299 g/mol. The van der Waals surface area contributed by atoms with Gasteiger partial charge in [0, 0.05) is 18.6 Å². The minimum Gasteiger partial charge on any atom is -0.381 e. The van der Waals surface area contributed by atoms with Crippen molar-refractivity contribution in [3.63, 3.8) is 0 Å². The minimum atomic E-state index is -4.38. The number of nitrogens with zero attached hydrogens (tertiary/aromatic N) is 2. The van der Waals surface area contributed by atoms with Crippen molar-refractivity contribution in [1.82, 2.24) is 9.55 Å². The third kappa shape index (κ3) is 2.46. The van der Waals surface area contributed by atoms with Gasteiger partial charge in [0.2, 0.25) is 5.95 Å². The fourth-order valence-electron chi connectivity index (χ4n) is 2.87. The van der Waals surface area contributed by atoms with E-state index < -0.39 is 11.7 Å². The average Bonchev–Trinajstić information content (AvgIpc) is 3.02. The topological polar surface area (TPSA) is 53.1 Å². The van der Waals surface area contributed by atoms with E-state index in [1.807, 2.05) is 6.92 Å². The van der Waals surface area contributed by atoms with Crippen LogP contribution in [-0.2, 0) is 10.9 Å². The zero-order valence-electron chi connectivity index (χ0n) is 11.5. The van der Waals surface area contributed by atoms with Gasteiger partial charge in [0.15, 0.2) is 0 Å². The Morgan fingerprint density at radius 3 is 2.81 bits per heavy atom. The van der Waals surface area contributed by atoms with Crippen LogP contribution < -0.4 is 5.73 Å². The highest BCUT2D eigenvalue weighted by atomic mass is 19.4. The van der Waals surface area contributed by atoms with Crippen LogP contribution >= 0.6 is 0 Å². The van der Waals surface area contributed by atoms with Crippen molar-refractivity contribution in [2.45, 2.75) is 25.6 Å². The van der Waals surface area contributed by atoms with Crippen LogP contribution in [0.3, 0.4) is 0 Å². The van der Waals surface area contributed by atoms with E-state index in [0.717, 1.165) is 18.6 Å². The second-order valence-electron chi connectivity index (χ2n) is 5.41. The minimum absolute atomic E-state index is 0.0363. The summed E-state index contributed by atoms with van der Waals surface area (Å²) >= 11 is 0. The van der Waals surface area contributed by atoms with E-state index in [1.54, 1.807) is 4.57 Å². The number of aromatic nitrogens is 2. The lowest BCUT2D eigenvalue weighted by atomic mass is 10.0. The maximum absolute atomic E-state index is 12.7. The quantitative estimate of drug-likeness (QED) is 0.926. The number of fused-ring (bicyclic) bond motifs is 1. The molecule has 4 nitrogen and oxygen atoms in total. The molecule has 114 valence electrons. The van der Waals surface area contributed by atoms with E-state index in [-0.39, 0.29) is 17.5 Å². The summed E-state index contributed by atoms with van der Waals surface area (Å²) in [7, 11) is 0. The molecule has 0 aliphatic carbocycles. The van der Waals surface area contributed by atoms with Crippen molar-refractivity contribution in [3.8, 4) is 0 Å². The fraction of sp³-hybridized carbons (Fsp3) is 0.500. The fourth-order valence-corrected chi connectivity index (χ4v) is 2.87. The summed E-state index contributed by atoms with van der Waals surface area (Å²) in [5.74, 6) is 0.538. The second-order valence-corrected chi connectivity index (χ2v) is 5.41. The molecule has 3 rings (SSSR count). The van der Waals surface area contributed by atoms with E-state index >= 15 is 0 Å². The molecule has 7 heteroatoms. The van der Waals surface area contributed by atoms with Crippen LogP contribution in [0.4, 0.5) is 19.1 Å². The molecule has 21 heavy (non-hydrogen) atoms. The normalized spacial score (nSPS) is 21.0. The first-order chi connectivity index (χ1) is 9.88. The third-order valence-electron chi connectivity index (χ3n) is 4.10. The number of halogens is 3. The molecule has 2 atom stereocenters. The molecule has 2 aromatic rings. The predicted octanol–water partition coefficient (Wildman–Crippen LogP) is 3.23. The SMILES string of the molecule is CC(C1CCOC1)n1c(N)nc2cc(C(F)(F)F)ccc21. The molecule has 0 radical (unpaired) electrons. The molecule has 1 fully saturated rings. The highest BCUT2D eigenvalue weighted by Crippen LogP contribution is 2.35. The number of hydrogen-bond acceptors (Lipinski definition) is 3. The van der Waals surface area contributed by atoms with Crippen LogP contribution in [0, 0.1) is 5.92 Å². The van der Waals surface area contributed by atoms with Crippen LogP contribution in [0.15, 0.2) is 18.2 Å². The first-order valence-electron chi connectivity index (χ1n) is 6.80. The summed E-state index contributed by atoms with van der Waals surface area (Å²) in [4.78, 5) is 4.08. The molecule has 2 N–H and O–H groups in total. The molecular formula is C14H16F3N3O. The molecule has 0 amide bonds. The lowest BCUT2D eigenvalue weighted by Crippen LogP contribution is -2.18. The number of rotatable bonds is 2. The predicted molar refractivity (Wildman–Crippen MR) is 72.8 cm³/mol.